The normalized spacial score (nSPS) is 10.7. The van der Waals surface area contributed by atoms with E-state index in [2.05, 4.69) is 20.9 Å². The lowest BCUT2D eigenvalue weighted by Gasteiger charge is -1.92. The zero-order chi connectivity index (χ0) is 10.3. The number of carboxylic acids is 1. The number of aromatic carboxylic acids is 1. The molecule has 0 aromatic carbocycles. The Morgan fingerprint density at radius 3 is 3.00 bits per heavy atom. The van der Waals surface area contributed by atoms with Crippen molar-refractivity contribution in [3.8, 4) is 0 Å². The van der Waals surface area contributed by atoms with E-state index in [0.29, 0.717) is 16.7 Å². The third kappa shape index (κ3) is 1.21. The number of aromatic nitrogens is 1. The molecule has 5 heteroatoms. The van der Waals surface area contributed by atoms with Crippen LogP contribution in [0.25, 0.3) is 10.9 Å². The van der Waals surface area contributed by atoms with Gasteiger partial charge in [0.2, 0.25) is 5.76 Å². The van der Waals surface area contributed by atoms with Gasteiger partial charge in [-0.1, -0.05) is 0 Å². The van der Waals surface area contributed by atoms with E-state index in [-0.39, 0.29) is 5.76 Å². The molecule has 0 unspecified atom stereocenters. The number of hydrogen-bond acceptors (Lipinski definition) is 3. The SMILES string of the molecule is Cc1oc(C(=O)O)c2nccc(Br)c12. The quantitative estimate of drug-likeness (QED) is 0.851. The number of nitrogens with zero attached hydrogens (tertiary/aromatic N) is 1. The molecular formula is C9H6BrNO3. The van der Waals surface area contributed by atoms with Crippen molar-refractivity contribution < 1.29 is 14.3 Å². The van der Waals surface area contributed by atoms with Gasteiger partial charge in [-0.3, -0.25) is 4.98 Å². The van der Waals surface area contributed by atoms with E-state index >= 15 is 0 Å². The third-order valence-electron chi connectivity index (χ3n) is 1.92. The van der Waals surface area contributed by atoms with Gasteiger partial charge in [0, 0.05) is 10.7 Å². The van der Waals surface area contributed by atoms with E-state index in [9.17, 15) is 4.79 Å². The minimum Gasteiger partial charge on any atom is -0.475 e. The Bertz CT molecular complexity index is 518. The highest BCUT2D eigenvalue weighted by molar-refractivity contribution is 9.10. The van der Waals surface area contributed by atoms with E-state index in [4.69, 9.17) is 9.52 Å². The minimum absolute atomic E-state index is 0.112. The third-order valence-corrected chi connectivity index (χ3v) is 2.58. The zero-order valence-corrected chi connectivity index (χ0v) is 8.83. The molecule has 0 aliphatic carbocycles. The van der Waals surface area contributed by atoms with Crippen LogP contribution in [0.4, 0.5) is 0 Å². The number of fused-ring (bicyclic) bond motifs is 1. The molecule has 0 radical (unpaired) electrons. The van der Waals surface area contributed by atoms with Crippen LogP contribution in [0.5, 0.6) is 0 Å². The van der Waals surface area contributed by atoms with Crippen molar-refractivity contribution in [1.29, 1.82) is 0 Å². The van der Waals surface area contributed by atoms with Gasteiger partial charge in [-0.15, -0.1) is 0 Å². The van der Waals surface area contributed by atoms with Gasteiger partial charge in [0.1, 0.15) is 11.3 Å². The smallest absolute Gasteiger partial charge is 0.374 e. The Kier molecular flexibility index (Phi) is 2.03. The second-order valence-electron chi connectivity index (χ2n) is 2.81. The van der Waals surface area contributed by atoms with Crippen LogP contribution in [0.2, 0.25) is 0 Å². The standard InChI is InChI=1S/C9H6BrNO3/c1-4-6-5(10)2-3-11-7(6)8(14-4)9(12)13/h2-3H,1H3,(H,12,13). The van der Waals surface area contributed by atoms with Crippen LogP contribution in [-0.4, -0.2) is 16.1 Å². The largest absolute Gasteiger partial charge is 0.475 e. The maximum absolute atomic E-state index is 10.8. The molecule has 0 atom stereocenters. The summed E-state index contributed by atoms with van der Waals surface area (Å²) >= 11 is 3.32. The van der Waals surface area contributed by atoms with Gasteiger partial charge in [-0.25, -0.2) is 4.79 Å². The molecule has 2 aromatic heterocycles. The molecule has 14 heavy (non-hydrogen) atoms. The molecule has 2 aromatic rings. The van der Waals surface area contributed by atoms with E-state index in [0.717, 1.165) is 4.47 Å². The van der Waals surface area contributed by atoms with Crippen molar-refractivity contribution in [2.45, 2.75) is 6.92 Å². The summed E-state index contributed by atoms with van der Waals surface area (Å²) in [6, 6.07) is 1.75. The van der Waals surface area contributed by atoms with E-state index < -0.39 is 5.97 Å². The number of halogens is 1. The maximum Gasteiger partial charge on any atom is 0.374 e. The number of carboxylic acid groups (broad SMARTS) is 1. The summed E-state index contributed by atoms with van der Waals surface area (Å²) in [6.07, 6.45) is 1.54. The van der Waals surface area contributed by atoms with Gasteiger partial charge in [-0.2, -0.15) is 0 Å². The van der Waals surface area contributed by atoms with Gasteiger partial charge in [-0.05, 0) is 28.9 Å². The van der Waals surface area contributed by atoms with Crippen LogP contribution in [-0.2, 0) is 0 Å². The van der Waals surface area contributed by atoms with Gasteiger partial charge in [0.05, 0.1) is 5.39 Å². The molecule has 0 aliphatic rings. The molecule has 2 heterocycles. The summed E-state index contributed by atoms with van der Waals surface area (Å²) in [6.45, 7) is 1.71. The molecule has 0 saturated heterocycles. The van der Waals surface area contributed by atoms with Gasteiger partial charge in [0.25, 0.3) is 0 Å². The number of furan rings is 1. The lowest BCUT2D eigenvalue weighted by molar-refractivity contribution is 0.0663. The number of pyridine rings is 1. The topological polar surface area (TPSA) is 63.3 Å². The number of hydrogen-bond donors (Lipinski definition) is 1. The number of carbonyl (C=O) groups is 1. The summed E-state index contributed by atoms with van der Waals surface area (Å²) < 4.78 is 5.90. The van der Waals surface area contributed by atoms with E-state index in [1.807, 2.05) is 0 Å². The fraction of sp³-hybridized carbons (Fsp3) is 0.111. The molecule has 1 N–H and O–H groups in total. The highest BCUT2D eigenvalue weighted by atomic mass is 79.9. The van der Waals surface area contributed by atoms with Crippen molar-refractivity contribution in [2.75, 3.05) is 0 Å². The summed E-state index contributed by atoms with van der Waals surface area (Å²) in [4.78, 5) is 14.8. The Morgan fingerprint density at radius 2 is 2.36 bits per heavy atom. The van der Waals surface area contributed by atoms with Crippen LogP contribution in [0, 0.1) is 6.92 Å². The fourth-order valence-corrected chi connectivity index (χ4v) is 1.93. The van der Waals surface area contributed by atoms with E-state index in [1.54, 1.807) is 13.0 Å². The first-order valence-electron chi connectivity index (χ1n) is 3.88. The summed E-state index contributed by atoms with van der Waals surface area (Å²) in [5.41, 5.74) is 0.379. The lowest BCUT2D eigenvalue weighted by atomic mass is 10.2. The van der Waals surface area contributed by atoms with Gasteiger partial charge in [0.15, 0.2) is 0 Å². The molecule has 0 fully saturated rings. The molecule has 0 spiro atoms. The highest BCUT2D eigenvalue weighted by Crippen LogP contribution is 2.29. The molecule has 4 nitrogen and oxygen atoms in total. The monoisotopic (exact) mass is 255 g/mol. The Morgan fingerprint density at radius 1 is 1.64 bits per heavy atom. The van der Waals surface area contributed by atoms with Crippen molar-refractivity contribution in [3.63, 3.8) is 0 Å². The molecule has 2 rings (SSSR count). The number of aryl methyl sites for hydroxylation is 1. The predicted molar refractivity (Wildman–Crippen MR) is 53.4 cm³/mol. The second kappa shape index (κ2) is 3.09. The average Bonchev–Trinajstić information content (AvgIpc) is 2.45. The van der Waals surface area contributed by atoms with Crippen LogP contribution in [0.3, 0.4) is 0 Å². The first-order chi connectivity index (χ1) is 6.61. The molecule has 0 saturated carbocycles. The molecule has 72 valence electrons. The number of rotatable bonds is 1. The Balaban J connectivity index is 2.91. The van der Waals surface area contributed by atoms with Crippen LogP contribution < -0.4 is 0 Å². The molecule has 0 bridgehead atoms. The molecule has 0 aliphatic heterocycles. The average molecular weight is 256 g/mol. The van der Waals surface area contributed by atoms with Crippen LogP contribution in [0.15, 0.2) is 21.2 Å². The van der Waals surface area contributed by atoms with Crippen molar-refractivity contribution in [1.82, 2.24) is 4.98 Å². The molecule has 0 amide bonds. The predicted octanol–water partition coefficient (Wildman–Crippen LogP) is 2.60. The van der Waals surface area contributed by atoms with Gasteiger partial charge < -0.3 is 9.52 Å². The van der Waals surface area contributed by atoms with Crippen molar-refractivity contribution >= 4 is 32.8 Å². The van der Waals surface area contributed by atoms with Crippen LogP contribution in [0.1, 0.15) is 16.3 Å². The lowest BCUT2D eigenvalue weighted by Crippen LogP contribution is -1.94. The van der Waals surface area contributed by atoms with Crippen molar-refractivity contribution in [3.05, 3.63) is 28.3 Å². The fourth-order valence-electron chi connectivity index (χ4n) is 1.34. The van der Waals surface area contributed by atoms with Crippen molar-refractivity contribution in [2.24, 2.45) is 0 Å². The Labute approximate surface area is 87.7 Å². The maximum atomic E-state index is 10.8. The van der Waals surface area contributed by atoms with Gasteiger partial charge >= 0.3 is 5.97 Å². The van der Waals surface area contributed by atoms with E-state index in [1.165, 1.54) is 6.20 Å². The second-order valence-corrected chi connectivity index (χ2v) is 3.66. The first kappa shape index (κ1) is 9.21. The zero-order valence-electron chi connectivity index (χ0n) is 7.24. The Hall–Kier alpha value is -1.36. The summed E-state index contributed by atoms with van der Waals surface area (Å²) in [5.74, 6) is -0.662. The minimum atomic E-state index is -1.10. The highest BCUT2D eigenvalue weighted by Gasteiger charge is 2.18. The summed E-state index contributed by atoms with van der Waals surface area (Å²) in [7, 11) is 0. The first-order valence-corrected chi connectivity index (χ1v) is 4.67. The molecular weight excluding hydrogens is 250 g/mol. The van der Waals surface area contributed by atoms with Crippen LogP contribution >= 0.6 is 15.9 Å². The summed E-state index contributed by atoms with van der Waals surface area (Å²) in [5, 5.41) is 9.55.